The summed E-state index contributed by atoms with van der Waals surface area (Å²) in [5.74, 6) is -0.810. The van der Waals surface area contributed by atoms with Crippen molar-refractivity contribution in [3.05, 3.63) is 0 Å². The molecule has 1 unspecified atom stereocenters. The number of likely N-dealkylation sites (N-methyl/N-ethyl adjacent to an activating group) is 1. The van der Waals surface area contributed by atoms with Gasteiger partial charge in [0, 0.05) is 0 Å². The van der Waals surface area contributed by atoms with E-state index in [1.165, 1.54) is 0 Å². The maximum Gasteiger partial charge on any atom is 0.312 e. The van der Waals surface area contributed by atoms with Crippen LogP contribution in [0.1, 0.15) is 27.7 Å². The van der Waals surface area contributed by atoms with Crippen LogP contribution in [0.15, 0.2) is 0 Å². The first kappa shape index (κ1) is 11.5. The summed E-state index contributed by atoms with van der Waals surface area (Å²) in [7, 11) is 3.88. The molecule has 82 valence electrons. The molecule has 14 heavy (non-hydrogen) atoms. The summed E-state index contributed by atoms with van der Waals surface area (Å²) in [5, 5.41) is 9.09. The topological polar surface area (TPSA) is 46.5 Å². The van der Waals surface area contributed by atoms with E-state index >= 15 is 0 Å². The third-order valence-electron chi connectivity index (χ3n) is 3.61. The molecule has 0 amide bonds. The highest BCUT2D eigenvalue weighted by molar-refractivity contribution is 5.74. The van der Waals surface area contributed by atoms with Gasteiger partial charge in [0.1, 0.15) is 5.41 Å². The van der Waals surface area contributed by atoms with Crippen LogP contribution >= 0.6 is 0 Å². The van der Waals surface area contributed by atoms with Crippen molar-refractivity contribution in [1.29, 1.82) is 0 Å². The normalized spacial score (nSPS) is 29.4. The Morgan fingerprint density at radius 3 is 2.07 bits per heavy atom. The highest BCUT2D eigenvalue weighted by Crippen LogP contribution is 2.46. The number of quaternary nitrogens is 1. The number of carbonyl (C=O) groups is 1. The summed E-state index contributed by atoms with van der Waals surface area (Å²) in [6.45, 7) is 7.49. The Balaban J connectivity index is 2.92. The summed E-state index contributed by atoms with van der Waals surface area (Å²) < 4.78 is 0.411. The van der Waals surface area contributed by atoms with E-state index in [9.17, 15) is 4.79 Å². The smallest absolute Gasteiger partial charge is 0.312 e. The first-order valence-electron chi connectivity index (χ1n) is 4.79. The molecule has 1 saturated heterocycles. The molecule has 4 nitrogen and oxygen atoms in total. The number of carboxylic acid groups (broad SMARTS) is 1. The number of hydroxylamine groups is 3. The van der Waals surface area contributed by atoms with Gasteiger partial charge in [-0.25, -0.2) is 0 Å². The lowest BCUT2D eigenvalue weighted by Crippen LogP contribution is -2.78. The molecule has 1 fully saturated rings. The van der Waals surface area contributed by atoms with Gasteiger partial charge < -0.3 is 5.11 Å². The highest BCUT2D eigenvalue weighted by Gasteiger charge is 2.66. The van der Waals surface area contributed by atoms with E-state index < -0.39 is 11.4 Å². The average molecular weight is 202 g/mol. The molecular weight excluding hydrogens is 182 g/mol. The van der Waals surface area contributed by atoms with Crippen LogP contribution in [0.3, 0.4) is 0 Å². The van der Waals surface area contributed by atoms with Crippen LogP contribution in [0.25, 0.3) is 0 Å². The lowest BCUT2D eigenvalue weighted by Gasteiger charge is -2.58. The maximum absolute atomic E-state index is 11.1. The molecule has 1 atom stereocenters. The fraction of sp³-hybridized carbons (Fsp3) is 0.900. The second-order valence-electron chi connectivity index (χ2n) is 5.52. The van der Waals surface area contributed by atoms with E-state index in [0.717, 1.165) is 0 Å². The molecule has 0 spiro atoms. The third-order valence-corrected chi connectivity index (χ3v) is 3.61. The summed E-state index contributed by atoms with van der Waals surface area (Å²) >= 11 is 0. The van der Waals surface area contributed by atoms with E-state index in [0.29, 0.717) is 4.65 Å². The second kappa shape index (κ2) is 2.70. The number of hydrogen-bond acceptors (Lipinski definition) is 2. The molecular formula is C10H20NO3+. The monoisotopic (exact) mass is 202 g/mol. The molecule has 0 aliphatic carbocycles. The molecule has 1 rings (SSSR count). The van der Waals surface area contributed by atoms with Crippen LogP contribution in [-0.4, -0.2) is 41.5 Å². The van der Waals surface area contributed by atoms with Crippen LogP contribution in [0.5, 0.6) is 0 Å². The molecule has 0 aromatic heterocycles. The van der Waals surface area contributed by atoms with E-state index in [4.69, 9.17) is 9.94 Å². The molecule has 1 aliphatic heterocycles. The SMILES string of the molecule is CC(C)(C(=O)O)C1O[N+](C)(C)C1(C)C. The number of nitrogens with zero attached hydrogens (tertiary/aromatic N) is 1. The first-order valence-corrected chi connectivity index (χ1v) is 4.79. The van der Waals surface area contributed by atoms with Gasteiger partial charge in [-0.3, -0.25) is 4.79 Å². The Labute approximate surface area is 85.0 Å². The number of hydrogen-bond donors (Lipinski definition) is 1. The van der Waals surface area contributed by atoms with Crippen LogP contribution in [-0.2, 0) is 9.63 Å². The Bertz CT molecular complexity index is 269. The fourth-order valence-corrected chi connectivity index (χ4v) is 1.89. The predicted molar refractivity (Wildman–Crippen MR) is 52.5 cm³/mol. The van der Waals surface area contributed by atoms with Crippen LogP contribution in [0.2, 0.25) is 0 Å². The van der Waals surface area contributed by atoms with Crippen LogP contribution < -0.4 is 0 Å². The van der Waals surface area contributed by atoms with Crippen molar-refractivity contribution in [3.63, 3.8) is 0 Å². The molecule has 0 saturated carbocycles. The van der Waals surface area contributed by atoms with Gasteiger partial charge in [0.05, 0.1) is 14.1 Å². The lowest BCUT2D eigenvalue weighted by atomic mass is 9.74. The zero-order valence-electron chi connectivity index (χ0n) is 9.79. The number of aliphatic carboxylic acids is 1. The largest absolute Gasteiger partial charge is 0.481 e. The minimum atomic E-state index is -0.836. The van der Waals surface area contributed by atoms with Crippen LogP contribution in [0.4, 0.5) is 0 Å². The van der Waals surface area contributed by atoms with Gasteiger partial charge in [-0.1, -0.05) is 0 Å². The maximum atomic E-state index is 11.1. The quantitative estimate of drug-likeness (QED) is 0.686. The molecule has 0 bridgehead atoms. The van der Waals surface area contributed by atoms with E-state index in [1.807, 2.05) is 27.9 Å². The van der Waals surface area contributed by atoms with Crippen molar-refractivity contribution in [2.45, 2.75) is 39.3 Å². The van der Waals surface area contributed by atoms with Gasteiger partial charge in [0.15, 0.2) is 11.6 Å². The van der Waals surface area contributed by atoms with Crippen molar-refractivity contribution < 1.29 is 19.4 Å². The Morgan fingerprint density at radius 1 is 1.43 bits per heavy atom. The summed E-state index contributed by atoms with van der Waals surface area (Å²) in [6.07, 6.45) is -0.248. The standard InChI is InChI=1S/C10H19NO3/c1-9(2,8(12)13)7-10(3,4)11(5,6)14-7/h7H,1-6H3/p+1. The van der Waals surface area contributed by atoms with Gasteiger partial charge in [-0.05, 0) is 27.7 Å². The second-order valence-corrected chi connectivity index (χ2v) is 5.52. The minimum absolute atomic E-state index is 0.165. The molecule has 1 aliphatic rings. The van der Waals surface area contributed by atoms with Crippen molar-refractivity contribution in [3.8, 4) is 0 Å². The van der Waals surface area contributed by atoms with E-state index in [1.54, 1.807) is 13.8 Å². The zero-order chi connectivity index (χ0) is 11.4. The van der Waals surface area contributed by atoms with Gasteiger partial charge in [0.2, 0.25) is 0 Å². The summed E-state index contributed by atoms with van der Waals surface area (Å²) in [4.78, 5) is 16.7. The summed E-state index contributed by atoms with van der Waals surface area (Å²) in [6, 6.07) is 0. The highest BCUT2D eigenvalue weighted by atomic mass is 16.8. The van der Waals surface area contributed by atoms with Crippen molar-refractivity contribution in [1.82, 2.24) is 0 Å². The molecule has 0 aromatic rings. The average Bonchev–Trinajstić information content (AvgIpc) is 1.99. The molecule has 1 heterocycles. The van der Waals surface area contributed by atoms with E-state index in [-0.39, 0.29) is 11.6 Å². The molecule has 0 radical (unpaired) electrons. The third kappa shape index (κ3) is 1.25. The molecule has 1 N–H and O–H groups in total. The van der Waals surface area contributed by atoms with Crippen molar-refractivity contribution >= 4 is 5.97 Å². The first-order chi connectivity index (χ1) is 6.03. The molecule has 0 aromatic carbocycles. The summed E-state index contributed by atoms with van der Waals surface area (Å²) in [5.41, 5.74) is -1.00. The molecule has 4 heteroatoms. The minimum Gasteiger partial charge on any atom is -0.481 e. The van der Waals surface area contributed by atoms with Gasteiger partial charge in [-0.2, -0.15) is 9.48 Å². The van der Waals surface area contributed by atoms with Gasteiger partial charge in [-0.15, -0.1) is 0 Å². The van der Waals surface area contributed by atoms with Crippen molar-refractivity contribution in [2.24, 2.45) is 5.41 Å². The number of carboxylic acids is 1. The van der Waals surface area contributed by atoms with E-state index in [2.05, 4.69) is 0 Å². The zero-order valence-corrected chi connectivity index (χ0v) is 9.79. The number of rotatable bonds is 2. The Kier molecular flexibility index (Phi) is 2.21. The Morgan fingerprint density at radius 2 is 1.86 bits per heavy atom. The Hall–Kier alpha value is -0.610. The fourth-order valence-electron chi connectivity index (χ4n) is 1.89. The lowest BCUT2D eigenvalue weighted by molar-refractivity contribution is -1.18. The predicted octanol–water partition coefficient (Wildman–Crippen LogP) is 1.27. The van der Waals surface area contributed by atoms with Gasteiger partial charge >= 0.3 is 5.97 Å². The van der Waals surface area contributed by atoms with Gasteiger partial charge in [0.25, 0.3) is 0 Å². The van der Waals surface area contributed by atoms with Crippen molar-refractivity contribution in [2.75, 3.05) is 14.1 Å². The van der Waals surface area contributed by atoms with Crippen LogP contribution in [0, 0.1) is 5.41 Å².